The molecule has 0 saturated heterocycles. The average molecular weight is 654 g/mol. The minimum absolute atomic E-state index is 0.132. The smallest absolute Gasteiger partial charge is 0.164 e. The molecule has 3 nitrogen and oxygen atoms in total. The maximum absolute atomic E-state index is 5.26. The first-order valence-electron chi connectivity index (χ1n) is 17.4. The monoisotopic (exact) mass is 653 g/mol. The third kappa shape index (κ3) is 5.53. The third-order valence-electron chi connectivity index (χ3n) is 10.1. The summed E-state index contributed by atoms with van der Waals surface area (Å²) in [6, 6.07) is 62.0. The predicted molar refractivity (Wildman–Crippen MR) is 210 cm³/mol. The van der Waals surface area contributed by atoms with Crippen LogP contribution in [0.25, 0.3) is 78.7 Å². The minimum atomic E-state index is -0.132. The van der Waals surface area contributed by atoms with Gasteiger partial charge in [0.05, 0.1) is 0 Å². The van der Waals surface area contributed by atoms with Crippen LogP contribution >= 0.6 is 0 Å². The van der Waals surface area contributed by atoms with E-state index >= 15 is 0 Å². The van der Waals surface area contributed by atoms with Crippen LogP contribution in [-0.2, 0) is 5.41 Å². The molecule has 0 fully saturated rings. The number of nitrogens with zero attached hydrogens (tertiary/aromatic N) is 3. The van der Waals surface area contributed by atoms with Crippen molar-refractivity contribution in [3.63, 3.8) is 0 Å². The lowest BCUT2D eigenvalue weighted by Gasteiger charge is -2.21. The molecule has 9 rings (SSSR count). The van der Waals surface area contributed by atoms with Crippen LogP contribution in [0.15, 0.2) is 176 Å². The number of hydrogen-bond donors (Lipinski definition) is 0. The molecule has 0 unspecified atom stereocenters. The summed E-state index contributed by atoms with van der Waals surface area (Å²) in [5.41, 5.74) is 14.7. The Kier molecular flexibility index (Phi) is 7.48. The molecule has 0 amide bonds. The summed E-state index contributed by atoms with van der Waals surface area (Å²) in [5.74, 6) is 1.96. The van der Waals surface area contributed by atoms with Crippen LogP contribution in [0.3, 0.4) is 0 Å². The zero-order valence-corrected chi connectivity index (χ0v) is 28.6. The van der Waals surface area contributed by atoms with E-state index in [9.17, 15) is 0 Å². The SMILES string of the molecule is CC1(C)c2ccccc2-c2c(-c3nc(-c4cccc(-c5ccccc5)c4)nc(-c4cccc(-c5cccc(-c6ccccc6)c5)c4)n3)cccc21. The highest BCUT2D eigenvalue weighted by Crippen LogP contribution is 2.51. The van der Waals surface area contributed by atoms with Crippen LogP contribution in [-0.4, -0.2) is 15.0 Å². The Hall–Kier alpha value is -6.45. The number of fused-ring (bicyclic) bond motifs is 3. The highest BCUT2D eigenvalue weighted by atomic mass is 15.0. The Morgan fingerprint density at radius 2 is 0.686 bits per heavy atom. The van der Waals surface area contributed by atoms with Gasteiger partial charge < -0.3 is 0 Å². The van der Waals surface area contributed by atoms with Crippen LogP contribution in [0.5, 0.6) is 0 Å². The topological polar surface area (TPSA) is 38.7 Å². The molecule has 0 aliphatic heterocycles. The molecule has 0 radical (unpaired) electrons. The van der Waals surface area contributed by atoms with Gasteiger partial charge in [-0.3, -0.25) is 0 Å². The fourth-order valence-corrected chi connectivity index (χ4v) is 7.51. The quantitative estimate of drug-likeness (QED) is 0.179. The van der Waals surface area contributed by atoms with Crippen LogP contribution in [0, 0.1) is 0 Å². The number of rotatable bonds is 6. The molecule has 0 N–H and O–H groups in total. The van der Waals surface area contributed by atoms with Gasteiger partial charge in [-0.25, -0.2) is 15.0 Å². The molecule has 1 aliphatic carbocycles. The van der Waals surface area contributed by atoms with E-state index in [-0.39, 0.29) is 5.41 Å². The van der Waals surface area contributed by atoms with Crippen molar-refractivity contribution in [3.8, 4) is 78.7 Å². The maximum Gasteiger partial charge on any atom is 0.164 e. The van der Waals surface area contributed by atoms with E-state index in [1.165, 1.54) is 33.4 Å². The third-order valence-corrected chi connectivity index (χ3v) is 10.1. The van der Waals surface area contributed by atoms with Gasteiger partial charge in [0.25, 0.3) is 0 Å². The molecular formula is C48H35N3. The Morgan fingerprint density at radius 1 is 0.314 bits per heavy atom. The van der Waals surface area contributed by atoms with Crippen molar-refractivity contribution in [2.75, 3.05) is 0 Å². The van der Waals surface area contributed by atoms with E-state index in [0.29, 0.717) is 17.5 Å². The maximum atomic E-state index is 5.26. The Labute approximate surface area is 299 Å². The standard InChI is InChI=1S/C48H35N3/c1-48(2)42-27-10-9-25-40(42)44-41(26-14-28-43(44)48)47-50-45(38-23-12-20-35(30-38)33-17-7-4-8-18-33)49-46(51-47)39-24-13-22-37(31-39)36-21-11-19-34(29-36)32-15-5-3-6-16-32/h3-31H,1-2H3. The normalized spacial score (nSPS) is 12.7. The van der Waals surface area contributed by atoms with Crippen molar-refractivity contribution in [2.45, 2.75) is 19.3 Å². The molecule has 1 heterocycles. The first-order valence-corrected chi connectivity index (χ1v) is 17.4. The molecule has 51 heavy (non-hydrogen) atoms. The van der Waals surface area contributed by atoms with Gasteiger partial charge in [-0.05, 0) is 73.8 Å². The van der Waals surface area contributed by atoms with E-state index in [1.54, 1.807) is 0 Å². The number of hydrogen-bond acceptors (Lipinski definition) is 3. The van der Waals surface area contributed by atoms with Gasteiger partial charge >= 0.3 is 0 Å². The second-order valence-electron chi connectivity index (χ2n) is 13.7. The van der Waals surface area contributed by atoms with Crippen molar-refractivity contribution in [1.29, 1.82) is 0 Å². The van der Waals surface area contributed by atoms with Gasteiger partial charge in [0.15, 0.2) is 17.5 Å². The lowest BCUT2D eigenvalue weighted by molar-refractivity contribution is 0.660. The minimum Gasteiger partial charge on any atom is -0.208 e. The van der Waals surface area contributed by atoms with Gasteiger partial charge in [-0.2, -0.15) is 0 Å². The molecule has 0 spiro atoms. The summed E-state index contributed by atoms with van der Waals surface area (Å²) in [7, 11) is 0. The molecule has 0 bridgehead atoms. The average Bonchev–Trinajstić information content (AvgIpc) is 3.44. The van der Waals surface area contributed by atoms with Crippen LogP contribution in [0.2, 0.25) is 0 Å². The van der Waals surface area contributed by atoms with Gasteiger partial charge in [-0.1, -0.05) is 172 Å². The summed E-state index contributed by atoms with van der Waals surface area (Å²) in [6.07, 6.45) is 0. The second-order valence-corrected chi connectivity index (χ2v) is 13.7. The molecule has 3 heteroatoms. The van der Waals surface area contributed by atoms with Crippen molar-refractivity contribution in [1.82, 2.24) is 15.0 Å². The lowest BCUT2D eigenvalue weighted by atomic mass is 9.82. The molecule has 1 aliphatic rings. The first kappa shape index (κ1) is 30.6. The Balaban J connectivity index is 1.22. The highest BCUT2D eigenvalue weighted by molar-refractivity contribution is 5.91. The molecule has 0 saturated carbocycles. The van der Waals surface area contributed by atoms with E-state index in [2.05, 4.69) is 184 Å². The van der Waals surface area contributed by atoms with Crippen molar-refractivity contribution >= 4 is 0 Å². The molecule has 1 aromatic heterocycles. The second kappa shape index (κ2) is 12.5. The summed E-state index contributed by atoms with van der Waals surface area (Å²) < 4.78 is 0. The van der Waals surface area contributed by atoms with E-state index in [1.807, 2.05) is 6.07 Å². The van der Waals surface area contributed by atoms with Crippen molar-refractivity contribution in [3.05, 3.63) is 187 Å². The van der Waals surface area contributed by atoms with Crippen molar-refractivity contribution < 1.29 is 0 Å². The molecule has 0 atom stereocenters. The van der Waals surface area contributed by atoms with Gasteiger partial charge in [0, 0.05) is 22.1 Å². The van der Waals surface area contributed by atoms with Gasteiger partial charge in [-0.15, -0.1) is 0 Å². The summed E-state index contributed by atoms with van der Waals surface area (Å²) >= 11 is 0. The van der Waals surface area contributed by atoms with E-state index in [4.69, 9.17) is 15.0 Å². The zero-order chi connectivity index (χ0) is 34.4. The predicted octanol–water partition coefficient (Wildman–Crippen LogP) is 12.2. The van der Waals surface area contributed by atoms with Crippen LogP contribution < -0.4 is 0 Å². The summed E-state index contributed by atoms with van der Waals surface area (Å²) in [4.78, 5) is 15.7. The fourth-order valence-electron chi connectivity index (χ4n) is 7.51. The largest absolute Gasteiger partial charge is 0.208 e. The lowest BCUT2D eigenvalue weighted by Crippen LogP contribution is -2.14. The van der Waals surface area contributed by atoms with Gasteiger partial charge in [0.2, 0.25) is 0 Å². The number of benzene rings is 7. The van der Waals surface area contributed by atoms with E-state index < -0.39 is 0 Å². The highest BCUT2D eigenvalue weighted by Gasteiger charge is 2.37. The number of aromatic nitrogens is 3. The first-order chi connectivity index (χ1) is 25.0. The Bertz CT molecular complexity index is 2550. The van der Waals surface area contributed by atoms with Crippen LogP contribution in [0.1, 0.15) is 25.0 Å². The summed E-state index contributed by atoms with van der Waals surface area (Å²) in [5, 5.41) is 0. The van der Waals surface area contributed by atoms with E-state index in [0.717, 1.165) is 38.9 Å². The van der Waals surface area contributed by atoms with Crippen LogP contribution in [0.4, 0.5) is 0 Å². The molecule has 7 aromatic carbocycles. The zero-order valence-electron chi connectivity index (χ0n) is 28.6. The summed E-state index contributed by atoms with van der Waals surface area (Å²) in [6.45, 7) is 4.61. The van der Waals surface area contributed by atoms with Crippen molar-refractivity contribution in [2.24, 2.45) is 0 Å². The van der Waals surface area contributed by atoms with Gasteiger partial charge in [0.1, 0.15) is 0 Å². The molecule has 8 aromatic rings. The molecular weight excluding hydrogens is 619 g/mol. The Morgan fingerprint density at radius 3 is 1.25 bits per heavy atom. The fraction of sp³-hybridized carbons (Fsp3) is 0.0625. The molecule has 242 valence electrons.